The van der Waals surface area contributed by atoms with Crippen molar-refractivity contribution in [2.45, 2.75) is 30.3 Å². The number of amides is 3. The SMILES string of the molecule is COc1cc(C(=O)NC2CCN(Cc3ccc4c(c3)C(=O)N(C)c3ccc(Nc5ccc(S(N)(=O)=O)cc5)nc3N4C)CC2)ccc1Nc1ccc2c(n1)N(C)c1ccccc1C(=O)N2C. The lowest BCUT2D eigenvalue weighted by atomic mass is 10.0. The third-order valence-electron chi connectivity index (χ3n) is 12.3. The minimum Gasteiger partial charge on any atom is -0.495 e. The summed E-state index contributed by atoms with van der Waals surface area (Å²) in [7, 11) is 4.97. The zero-order chi connectivity index (χ0) is 46.4. The summed E-state index contributed by atoms with van der Waals surface area (Å²) in [6.07, 6.45) is 1.52. The van der Waals surface area contributed by atoms with Gasteiger partial charge in [-0.05, 0) is 109 Å². The number of rotatable bonds is 10. The summed E-state index contributed by atoms with van der Waals surface area (Å²) < 4.78 is 29.1. The monoisotopic (exact) mass is 907 g/mol. The molecule has 5 N–H and O–H groups in total. The van der Waals surface area contributed by atoms with Crippen LogP contribution in [0.25, 0.3) is 0 Å². The molecule has 3 amide bonds. The van der Waals surface area contributed by atoms with Crippen molar-refractivity contribution in [1.82, 2.24) is 20.2 Å². The molecule has 3 aliphatic rings. The first kappa shape index (κ1) is 43.7. The van der Waals surface area contributed by atoms with Crippen molar-refractivity contribution in [3.05, 3.63) is 131 Å². The predicted molar refractivity (Wildman–Crippen MR) is 256 cm³/mol. The number of para-hydroxylation sites is 1. The Bertz CT molecular complexity index is 3010. The van der Waals surface area contributed by atoms with E-state index in [1.165, 1.54) is 12.1 Å². The smallest absolute Gasteiger partial charge is 0.260 e. The number of hydrogen-bond acceptors (Lipinski definition) is 13. The maximum absolute atomic E-state index is 13.9. The van der Waals surface area contributed by atoms with Crippen LogP contribution in [-0.2, 0) is 16.6 Å². The number of hydrogen-bond donors (Lipinski definition) is 4. The lowest BCUT2D eigenvalue weighted by Gasteiger charge is -2.32. The molecule has 3 aliphatic heterocycles. The number of carbonyl (C=O) groups is 3. The highest BCUT2D eigenvalue weighted by Gasteiger charge is 2.31. The summed E-state index contributed by atoms with van der Waals surface area (Å²) in [6.45, 7) is 2.16. The number of nitrogens with zero attached hydrogens (tertiary/aromatic N) is 7. The van der Waals surface area contributed by atoms with Crippen LogP contribution in [0.5, 0.6) is 5.75 Å². The lowest BCUT2D eigenvalue weighted by Crippen LogP contribution is -2.44. The Balaban J connectivity index is 0.817. The molecule has 0 spiro atoms. The second-order valence-electron chi connectivity index (χ2n) is 16.6. The number of piperidine rings is 1. The molecule has 18 heteroatoms. The lowest BCUT2D eigenvalue weighted by molar-refractivity contribution is 0.0907. The Morgan fingerprint density at radius 1 is 0.697 bits per heavy atom. The van der Waals surface area contributed by atoms with E-state index < -0.39 is 10.0 Å². The van der Waals surface area contributed by atoms with Crippen molar-refractivity contribution in [3.63, 3.8) is 0 Å². The van der Waals surface area contributed by atoms with Crippen molar-refractivity contribution >= 4 is 85.1 Å². The minimum atomic E-state index is -3.82. The first-order valence-electron chi connectivity index (χ1n) is 21.3. The zero-order valence-corrected chi connectivity index (χ0v) is 37.9. The Labute approximate surface area is 382 Å². The number of fused-ring (bicyclic) bond motifs is 4. The molecule has 4 aromatic carbocycles. The Kier molecular flexibility index (Phi) is 11.6. The van der Waals surface area contributed by atoms with Gasteiger partial charge in [-0.2, -0.15) is 0 Å². The van der Waals surface area contributed by atoms with Crippen LogP contribution in [0.4, 0.5) is 57.4 Å². The van der Waals surface area contributed by atoms with E-state index in [0.717, 1.165) is 42.9 Å². The number of carbonyl (C=O) groups excluding carboxylic acids is 3. The van der Waals surface area contributed by atoms with Crippen molar-refractivity contribution in [1.29, 1.82) is 0 Å². The summed E-state index contributed by atoms with van der Waals surface area (Å²) in [5.74, 6) is 2.26. The summed E-state index contributed by atoms with van der Waals surface area (Å²) in [5.41, 5.74) is 6.66. The van der Waals surface area contributed by atoms with Crippen LogP contribution in [0.3, 0.4) is 0 Å². The van der Waals surface area contributed by atoms with E-state index in [-0.39, 0.29) is 28.7 Å². The number of primary sulfonamides is 1. The number of pyridine rings is 2. The van der Waals surface area contributed by atoms with Gasteiger partial charge in [-0.3, -0.25) is 19.3 Å². The van der Waals surface area contributed by atoms with Gasteiger partial charge in [0.1, 0.15) is 17.4 Å². The number of aromatic nitrogens is 2. The molecule has 0 radical (unpaired) electrons. The highest BCUT2D eigenvalue weighted by molar-refractivity contribution is 7.89. The molecular weight excluding hydrogens is 859 g/mol. The average Bonchev–Trinajstić information content (AvgIpc) is 3.45. The van der Waals surface area contributed by atoms with E-state index in [9.17, 15) is 22.8 Å². The summed E-state index contributed by atoms with van der Waals surface area (Å²) >= 11 is 0. The van der Waals surface area contributed by atoms with Crippen LogP contribution in [0.2, 0.25) is 0 Å². The van der Waals surface area contributed by atoms with E-state index in [2.05, 4.69) is 20.9 Å². The first-order valence-corrected chi connectivity index (χ1v) is 22.9. The van der Waals surface area contributed by atoms with Gasteiger partial charge in [0.05, 0.1) is 51.6 Å². The quantitative estimate of drug-likeness (QED) is 0.113. The molecule has 0 unspecified atom stereocenters. The normalized spacial score (nSPS) is 15.2. The fourth-order valence-electron chi connectivity index (χ4n) is 8.65. The number of nitrogens with two attached hydrogens (primary N) is 1. The highest BCUT2D eigenvalue weighted by Crippen LogP contribution is 2.41. The van der Waals surface area contributed by atoms with E-state index in [0.29, 0.717) is 75.0 Å². The molecule has 1 saturated heterocycles. The molecule has 5 heterocycles. The molecule has 1 fully saturated rings. The van der Waals surface area contributed by atoms with Gasteiger partial charge in [0, 0.05) is 65.1 Å². The standard InChI is InChI=1S/C48H49N11O6S/c1-55-37-9-7-6-8-34(37)47(61)57(3)39-19-21-43(54-45(39)55)52-36-16-11-30(27-41(36)65-5)46(60)51-32-22-24-59(25-23-32)28-29-10-17-38-35(26-29)48(62)58(4)40-18-20-42(53-44(40)56(38)2)50-31-12-14-33(15-13-31)66(49,63)64/h6-21,26-27,32H,22-25,28H2,1-5H3,(H,50,53)(H,51,60)(H,52,54)(H2,49,63,64). The van der Waals surface area contributed by atoms with E-state index in [1.807, 2.05) is 78.5 Å². The van der Waals surface area contributed by atoms with Gasteiger partial charge in [-0.1, -0.05) is 18.2 Å². The number of methoxy groups -OCH3 is 1. The van der Waals surface area contributed by atoms with E-state index in [1.54, 1.807) is 73.5 Å². The van der Waals surface area contributed by atoms with Gasteiger partial charge in [-0.25, -0.2) is 23.5 Å². The summed E-state index contributed by atoms with van der Waals surface area (Å²) in [6, 6.07) is 32.0. The number of ether oxygens (including phenoxy) is 1. The molecule has 2 aromatic heterocycles. The third kappa shape index (κ3) is 8.44. The molecule has 66 heavy (non-hydrogen) atoms. The Morgan fingerprint density at radius 2 is 1.29 bits per heavy atom. The van der Waals surface area contributed by atoms with Crippen LogP contribution in [0, 0.1) is 0 Å². The van der Waals surface area contributed by atoms with E-state index in [4.69, 9.17) is 19.8 Å². The molecule has 338 valence electrons. The third-order valence-corrected chi connectivity index (χ3v) is 13.3. The van der Waals surface area contributed by atoms with Crippen molar-refractivity contribution in [2.24, 2.45) is 5.14 Å². The molecule has 0 aliphatic carbocycles. The number of nitrogens with one attached hydrogen (secondary N) is 3. The van der Waals surface area contributed by atoms with Gasteiger partial charge < -0.3 is 40.3 Å². The van der Waals surface area contributed by atoms with Crippen LogP contribution >= 0.6 is 0 Å². The zero-order valence-electron chi connectivity index (χ0n) is 37.1. The molecule has 0 atom stereocenters. The molecule has 17 nitrogen and oxygen atoms in total. The van der Waals surface area contributed by atoms with Gasteiger partial charge in [0.15, 0.2) is 11.6 Å². The predicted octanol–water partition coefficient (Wildman–Crippen LogP) is 6.73. The van der Waals surface area contributed by atoms with Gasteiger partial charge in [-0.15, -0.1) is 0 Å². The fraction of sp³-hybridized carbons (Fsp3) is 0.229. The van der Waals surface area contributed by atoms with Crippen molar-refractivity contribution in [2.75, 3.05) is 78.6 Å². The van der Waals surface area contributed by atoms with Crippen LogP contribution < -0.4 is 45.4 Å². The van der Waals surface area contributed by atoms with Gasteiger partial charge in [0.2, 0.25) is 10.0 Å². The molecule has 6 aromatic rings. The first-order chi connectivity index (χ1) is 31.7. The second-order valence-corrected chi connectivity index (χ2v) is 18.1. The van der Waals surface area contributed by atoms with Gasteiger partial charge in [0.25, 0.3) is 17.7 Å². The Morgan fingerprint density at radius 3 is 1.92 bits per heavy atom. The molecular formula is C48H49N11O6S. The van der Waals surface area contributed by atoms with Crippen molar-refractivity contribution < 1.29 is 27.5 Å². The second kappa shape index (κ2) is 17.4. The fourth-order valence-corrected chi connectivity index (χ4v) is 9.17. The largest absolute Gasteiger partial charge is 0.495 e. The average molecular weight is 908 g/mol. The van der Waals surface area contributed by atoms with Crippen LogP contribution in [-0.4, -0.2) is 95.4 Å². The van der Waals surface area contributed by atoms with E-state index >= 15 is 0 Å². The van der Waals surface area contributed by atoms with Crippen LogP contribution in [0.15, 0.2) is 114 Å². The molecule has 0 bridgehead atoms. The molecule has 9 rings (SSSR count). The maximum atomic E-state index is 13.9. The van der Waals surface area contributed by atoms with Crippen LogP contribution in [0.1, 0.15) is 49.5 Å². The minimum absolute atomic E-state index is 0.00915. The summed E-state index contributed by atoms with van der Waals surface area (Å²) in [4.78, 5) is 59.8. The Hall–Kier alpha value is -7.54. The number of benzene rings is 4. The number of sulfonamides is 1. The van der Waals surface area contributed by atoms with Crippen molar-refractivity contribution in [3.8, 4) is 5.75 Å². The highest BCUT2D eigenvalue weighted by atomic mass is 32.2. The van der Waals surface area contributed by atoms with Gasteiger partial charge >= 0.3 is 0 Å². The maximum Gasteiger partial charge on any atom is 0.260 e. The molecule has 0 saturated carbocycles. The number of anilines is 10. The number of likely N-dealkylation sites (tertiary alicyclic amines) is 1. The summed E-state index contributed by atoms with van der Waals surface area (Å²) in [5, 5.41) is 15.0. The topological polar surface area (TPSA) is 199 Å².